The number of fused-ring (bicyclic) bond motifs is 1. The van der Waals surface area contributed by atoms with Crippen LogP contribution >= 0.6 is 11.6 Å². The lowest BCUT2D eigenvalue weighted by atomic mass is 10.1. The van der Waals surface area contributed by atoms with E-state index < -0.39 is 6.10 Å². The second-order valence-electron chi connectivity index (χ2n) is 5.55. The normalized spacial score (nSPS) is 13.6. The first-order chi connectivity index (χ1) is 11.5. The van der Waals surface area contributed by atoms with Crippen molar-refractivity contribution in [2.45, 2.75) is 25.5 Å². The molecule has 0 radical (unpaired) electrons. The second kappa shape index (κ2) is 6.98. The smallest absolute Gasteiger partial charge is 0.223 e. The van der Waals surface area contributed by atoms with Crippen molar-refractivity contribution < 1.29 is 9.90 Å². The van der Waals surface area contributed by atoms with Gasteiger partial charge in [-0.3, -0.25) is 9.20 Å². The van der Waals surface area contributed by atoms with Crippen LogP contribution in [0.3, 0.4) is 0 Å². The van der Waals surface area contributed by atoms with Gasteiger partial charge < -0.3 is 10.4 Å². The molecule has 2 aromatic heterocycles. The highest BCUT2D eigenvalue weighted by atomic mass is 35.5. The molecule has 0 aliphatic heterocycles. The highest BCUT2D eigenvalue weighted by molar-refractivity contribution is 6.30. The Bertz CT molecular complexity index is 847. The summed E-state index contributed by atoms with van der Waals surface area (Å²) in [5.74, 6) is 0.373. The van der Waals surface area contributed by atoms with E-state index in [0.29, 0.717) is 16.4 Å². The molecule has 3 rings (SSSR count). The molecule has 2 N–H and O–H groups in total. The van der Waals surface area contributed by atoms with Crippen molar-refractivity contribution in [1.29, 1.82) is 0 Å². The third-order valence-electron chi connectivity index (χ3n) is 3.74. The molecule has 6 nitrogen and oxygen atoms in total. The molecule has 0 saturated heterocycles. The molecule has 0 fully saturated rings. The first kappa shape index (κ1) is 16.4. The molecule has 0 saturated carbocycles. The number of aromatic nitrogens is 3. The molecule has 1 aromatic carbocycles. The predicted molar refractivity (Wildman–Crippen MR) is 90.6 cm³/mol. The van der Waals surface area contributed by atoms with Crippen LogP contribution in [0.15, 0.2) is 48.7 Å². The number of nitrogens with one attached hydrogen (secondary N) is 1. The van der Waals surface area contributed by atoms with Crippen molar-refractivity contribution in [1.82, 2.24) is 19.9 Å². The van der Waals surface area contributed by atoms with Gasteiger partial charge in [-0.1, -0.05) is 29.8 Å². The maximum atomic E-state index is 12.2. The van der Waals surface area contributed by atoms with Crippen LogP contribution in [0, 0.1) is 0 Å². The standard InChI is InChI=1S/C17H17ClN4O2/c1-11(17-21-20-15-4-2-3-9-22(15)17)19-16(24)10-14(23)12-5-7-13(18)8-6-12/h2-9,11,14,23H,10H2,1H3,(H,19,24). The molecular formula is C17H17ClN4O2. The van der Waals surface area contributed by atoms with E-state index in [1.54, 1.807) is 24.3 Å². The number of nitrogens with zero attached hydrogens (tertiary/aromatic N) is 3. The lowest BCUT2D eigenvalue weighted by molar-refractivity contribution is -0.123. The summed E-state index contributed by atoms with van der Waals surface area (Å²) in [5.41, 5.74) is 1.37. The number of carbonyl (C=O) groups is 1. The van der Waals surface area contributed by atoms with E-state index in [-0.39, 0.29) is 18.4 Å². The maximum Gasteiger partial charge on any atom is 0.223 e. The number of benzene rings is 1. The summed E-state index contributed by atoms with van der Waals surface area (Å²) in [7, 11) is 0. The Morgan fingerprint density at radius 3 is 2.75 bits per heavy atom. The number of carbonyl (C=O) groups excluding carboxylic acids is 1. The lowest BCUT2D eigenvalue weighted by Gasteiger charge is -2.15. The molecule has 124 valence electrons. The predicted octanol–water partition coefficient (Wildman–Crippen LogP) is 2.68. The molecule has 1 amide bonds. The lowest BCUT2D eigenvalue weighted by Crippen LogP contribution is -2.29. The Morgan fingerprint density at radius 1 is 1.25 bits per heavy atom. The summed E-state index contributed by atoms with van der Waals surface area (Å²) in [4.78, 5) is 12.2. The van der Waals surface area contributed by atoms with Crippen LogP contribution in [0.2, 0.25) is 5.02 Å². The van der Waals surface area contributed by atoms with E-state index in [1.165, 1.54) is 0 Å². The minimum atomic E-state index is -0.885. The molecule has 3 aromatic rings. The Labute approximate surface area is 144 Å². The number of aliphatic hydroxyl groups excluding tert-OH is 1. The summed E-state index contributed by atoms with van der Waals surface area (Å²) in [6.45, 7) is 1.83. The van der Waals surface area contributed by atoms with Gasteiger partial charge in [0.1, 0.15) is 0 Å². The van der Waals surface area contributed by atoms with Gasteiger partial charge in [0.2, 0.25) is 5.91 Å². The van der Waals surface area contributed by atoms with Crippen molar-refractivity contribution in [3.8, 4) is 0 Å². The van der Waals surface area contributed by atoms with Crippen molar-refractivity contribution in [3.05, 3.63) is 65.1 Å². The van der Waals surface area contributed by atoms with Crippen LogP contribution in [0.25, 0.3) is 5.65 Å². The third-order valence-corrected chi connectivity index (χ3v) is 3.99. The van der Waals surface area contributed by atoms with Gasteiger partial charge in [0.25, 0.3) is 0 Å². The van der Waals surface area contributed by atoms with Gasteiger partial charge in [-0.15, -0.1) is 10.2 Å². The van der Waals surface area contributed by atoms with Crippen LogP contribution < -0.4 is 5.32 Å². The number of rotatable bonds is 5. The Hall–Kier alpha value is -2.44. The molecule has 0 spiro atoms. The molecule has 0 aliphatic carbocycles. The molecule has 2 unspecified atom stereocenters. The molecule has 0 aliphatic rings. The highest BCUT2D eigenvalue weighted by Gasteiger charge is 2.18. The fraction of sp³-hybridized carbons (Fsp3) is 0.235. The number of amides is 1. The van der Waals surface area contributed by atoms with E-state index in [1.807, 2.05) is 35.7 Å². The van der Waals surface area contributed by atoms with Gasteiger partial charge in [0, 0.05) is 11.2 Å². The average molecular weight is 345 g/mol. The van der Waals surface area contributed by atoms with Gasteiger partial charge in [0.05, 0.1) is 18.6 Å². The van der Waals surface area contributed by atoms with Gasteiger partial charge in [0.15, 0.2) is 11.5 Å². The number of aliphatic hydroxyl groups is 1. The summed E-state index contributed by atoms with van der Waals surface area (Å²) in [5, 5.41) is 21.8. The first-order valence-electron chi connectivity index (χ1n) is 7.57. The van der Waals surface area contributed by atoms with Crippen molar-refractivity contribution in [2.75, 3.05) is 0 Å². The number of pyridine rings is 1. The Kier molecular flexibility index (Phi) is 4.78. The first-order valence-corrected chi connectivity index (χ1v) is 7.95. The molecule has 2 atom stereocenters. The topological polar surface area (TPSA) is 79.5 Å². The zero-order valence-electron chi connectivity index (χ0n) is 13.1. The molecule has 7 heteroatoms. The Balaban J connectivity index is 1.65. The summed E-state index contributed by atoms with van der Waals surface area (Å²) < 4.78 is 1.82. The van der Waals surface area contributed by atoms with Crippen LogP contribution in [0.4, 0.5) is 0 Å². The Morgan fingerprint density at radius 2 is 2.00 bits per heavy atom. The highest BCUT2D eigenvalue weighted by Crippen LogP contribution is 2.20. The van der Waals surface area contributed by atoms with E-state index in [0.717, 1.165) is 5.65 Å². The zero-order chi connectivity index (χ0) is 17.1. The fourth-order valence-corrected chi connectivity index (χ4v) is 2.62. The molecule has 24 heavy (non-hydrogen) atoms. The summed E-state index contributed by atoms with van der Waals surface area (Å²) >= 11 is 5.82. The van der Waals surface area contributed by atoms with Crippen molar-refractivity contribution in [3.63, 3.8) is 0 Å². The van der Waals surface area contributed by atoms with Gasteiger partial charge in [-0.05, 0) is 36.8 Å². The van der Waals surface area contributed by atoms with Crippen LogP contribution in [0.1, 0.15) is 36.9 Å². The van der Waals surface area contributed by atoms with E-state index in [4.69, 9.17) is 11.6 Å². The second-order valence-corrected chi connectivity index (χ2v) is 5.98. The molecule has 2 heterocycles. The average Bonchev–Trinajstić information content (AvgIpc) is 2.99. The monoisotopic (exact) mass is 344 g/mol. The summed E-state index contributed by atoms with van der Waals surface area (Å²) in [6.07, 6.45) is 0.920. The van der Waals surface area contributed by atoms with Gasteiger partial charge >= 0.3 is 0 Å². The van der Waals surface area contributed by atoms with E-state index >= 15 is 0 Å². The van der Waals surface area contributed by atoms with Crippen molar-refractivity contribution in [2.24, 2.45) is 0 Å². The van der Waals surface area contributed by atoms with E-state index in [2.05, 4.69) is 15.5 Å². The minimum absolute atomic E-state index is 0.0390. The number of halogens is 1. The summed E-state index contributed by atoms with van der Waals surface area (Å²) in [6, 6.07) is 12.0. The van der Waals surface area contributed by atoms with Gasteiger partial charge in [-0.25, -0.2) is 0 Å². The maximum absolute atomic E-state index is 12.2. The van der Waals surface area contributed by atoms with E-state index in [9.17, 15) is 9.90 Å². The SMILES string of the molecule is CC(NC(=O)CC(O)c1ccc(Cl)cc1)c1nnc2ccccn12. The minimum Gasteiger partial charge on any atom is -0.388 e. The quantitative estimate of drug-likeness (QED) is 0.745. The zero-order valence-corrected chi connectivity index (χ0v) is 13.8. The van der Waals surface area contributed by atoms with Crippen LogP contribution in [-0.4, -0.2) is 25.6 Å². The van der Waals surface area contributed by atoms with Crippen molar-refractivity contribution >= 4 is 23.2 Å². The van der Waals surface area contributed by atoms with Crippen LogP contribution in [-0.2, 0) is 4.79 Å². The fourth-order valence-electron chi connectivity index (χ4n) is 2.50. The molecule has 0 bridgehead atoms. The number of hydrogen-bond acceptors (Lipinski definition) is 4. The third kappa shape index (κ3) is 3.55. The van der Waals surface area contributed by atoms with Gasteiger partial charge in [-0.2, -0.15) is 0 Å². The van der Waals surface area contributed by atoms with Crippen LogP contribution in [0.5, 0.6) is 0 Å². The largest absolute Gasteiger partial charge is 0.388 e. The molecular weight excluding hydrogens is 328 g/mol. The number of hydrogen-bond donors (Lipinski definition) is 2.